The average Bonchev–Trinajstić information content (AvgIpc) is 2.67. The van der Waals surface area contributed by atoms with Crippen LogP contribution in [-0.4, -0.2) is 20.3 Å². The molecule has 0 atom stereocenters. The third-order valence-corrected chi connectivity index (χ3v) is 3.57. The Morgan fingerprint density at radius 3 is 2.75 bits per heavy atom. The SMILES string of the molecule is BrCCc1cn(-c2ccc(Br)cc2Br)nn1. The molecule has 0 saturated heterocycles. The molecule has 1 heterocycles. The van der Waals surface area contributed by atoms with Crippen LogP contribution in [0.3, 0.4) is 0 Å². The number of nitrogens with zero attached hydrogens (tertiary/aromatic N) is 3. The van der Waals surface area contributed by atoms with E-state index in [1.165, 1.54) is 0 Å². The summed E-state index contributed by atoms with van der Waals surface area (Å²) >= 11 is 10.3. The summed E-state index contributed by atoms with van der Waals surface area (Å²) in [6.45, 7) is 0. The van der Waals surface area contributed by atoms with E-state index < -0.39 is 0 Å². The molecule has 0 unspecified atom stereocenters. The number of halogens is 3. The highest BCUT2D eigenvalue weighted by molar-refractivity contribution is 9.11. The fraction of sp³-hybridized carbons (Fsp3) is 0.200. The van der Waals surface area contributed by atoms with E-state index in [9.17, 15) is 0 Å². The standard InChI is InChI=1S/C10H8Br3N3/c11-4-3-8-6-16(15-14-8)10-2-1-7(12)5-9(10)13/h1-2,5-6H,3-4H2. The summed E-state index contributed by atoms with van der Waals surface area (Å²) in [5.41, 5.74) is 1.96. The van der Waals surface area contributed by atoms with Crippen molar-refractivity contribution in [3.63, 3.8) is 0 Å². The first-order valence-corrected chi connectivity index (χ1v) is 7.34. The molecule has 0 aliphatic carbocycles. The van der Waals surface area contributed by atoms with Gasteiger partial charge >= 0.3 is 0 Å². The van der Waals surface area contributed by atoms with E-state index in [0.717, 1.165) is 32.1 Å². The number of aryl methyl sites for hydroxylation is 1. The van der Waals surface area contributed by atoms with Gasteiger partial charge in [-0.3, -0.25) is 0 Å². The lowest BCUT2D eigenvalue weighted by Crippen LogP contribution is -1.95. The van der Waals surface area contributed by atoms with Gasteiger partial charge in [0.1, 0.15) is 0 Å². The molecule has 1 aromatic heterocycles. The first kappa shape index (κ1) is 12.3. The van der Waals surface area contributed by atoms with E-state index in [1.54, 1.807) is 4.68 Å². The number of aromatic nitrogens is 3. The Kier molecular flexibility index (Phi) is 4.16. The highest BCUT2D eigenvalue weighted by atomic mass is 79.9. The molecular weight excluding hydrogens is 402 g/mol. The second kappa shape index (κ2) is 5.42. The van der Waals surface area contributed by atoms with Crippen molar-refractivity contribution in [3.8, 4) is 5.69 Å². The monoisotopic (exact) mass is 407 g/mol. The van der Waals surface area contributed by atoms with Crippen LogP contribution in [0, 0.1) is 0 Å². The number of hydrogen-bond donors (Lipinski definition) is 0. The molecule has 0 aliphatic rings. The van der Waals surface area contributed by atoms with Crippen molar-refractivity contribution in [2.24, 2.45) is 0 Å². The Morgan fingerprint density at radius 2 is 2.06 bits per heavy atom. The van der Waals surface area contributed by atoms with E-state index in [4.69, 9.17) is 0 Å². The fourth-order valence-electron chi connectivity index (χ4n) is 1.29. The van der Waals surface area contributed by atoms with Crippen LogP contribution in [0.4, 0.5) is 0 Å². The summed E-state index contributed by atoms with van der Waals surface area (Å²) in [7, 11) is 0. The Bertz CT molecular complexity index is 496. The van der Waals surface area contributed by atoms with Gasteiger partial charge < -0.3 is 0 Å². The lowest BCUT2D eigenvalue weighted by Gasteiger charge is -2.03. The summed E-state index contributed by atoms with van der Waals surface area (Å²) in [5.74, 6) is 0. The molecule has 0 aliphatic heterocycles. The fourth-order valence-corrected chi connectivity index (χ4v) is 2.93. The summed E-state index contributed by atoms with van der Waals surface area (Å²) in [6.07, 6.45) is 2.82. The molecule has 0 amide bonds. The first-order valence-electron chi connectivity index (χ1n) is 4.63. The Hall–Kier alpha value is -0.200. The van der Waals surface area contributed by atoms with Crippen molar-refractivity contribution < 1.29 is 0 Å². The van der Waals surface area contributed by atoms with Crippen molar-refractivity contribution in [2.45, 2.75) is 6.42 Å². The van der Waals surface area contributed by atoms with Crippen LogP contribution in [-0.2, 0) is 6.42 Å². The quantitative estimate of drug-likeness (QED) is 0.723. The number of benzene rings is 1. The zero-order chi connectivity index (χ0) is 11.5. The van der Waals surface area contributed by atoms with Gasteiger partial charge in [0.2, 0.25) is 0 Å². The first-order chi connectivity index (χ1) is 7.70. The molecule has 0 fully saturated rings. The van der Waals surface area contributed by atoms with Crippen LogP contribution in [0.25, 0.3) is 5.69 Å². The maximum atomic E-state index is 4.10. The normalized spacial score (nSPS) is 10.7. The maximum Gasteiger partial charge on any atom is 0.0840 e. The molecule has 0 spiro atoms. The van der Waals surface area contributed by atoms with Crippen LogP contribution in [0.2, 0.25) is 0 Å². The lowest BCUT2D eigenvalue weighted by molar-refractivity contribution is 0.795. The van der Waals surface area contributed by atoms with E-state index >= 15 is 0 Å². The van der Waals surface area contributed by atoms with Gasteiger partial charge in [-0.15, -0.1) is 5.10 Å². The Labute approximate surface area is 119 Å². The van der Waals surface area contributed by atoms with Gasteiger partial charge in [-0.05, 0) is 34.1 Å². The molecular formula is C10H8Br3N3. The predicted molar refractivity (Wildman–Crippen MR) is 74.3 cm³/mol. The lowest BCUT2D eigenvalue weighted by atomic mass is 10.3. The summed E-state index contributed by atoms with van der Waals surface area (Å²) in [4.78, 5) is 0. The molecule has 3 nitrogen and oxygen atoms in total. The highest BCUT2D eigenvalue weighted by Gasteiger charge is 2.06. The molecule has 6 heteroatoms. The van der Waals surface area contributed by atoms with Gasteiger partial charge in [-0.25, -0.2) is 4.68 Å². The molecule has 84 valence electrons. The van der Waals surface area contributed by atoms with Gasteiger partial charge in [0, 0.05) is 20.7 Å². The van der Waals surface area contributed by atoms with Crippen LogP contribution >= 0.6 is 47.8 Å². The van der Waals surface area contributed by atoms with E-state index in [2.05, 4.69) is 58.1 Å². The summed E-state index contributed by atoms with van der Waals surface area (Å²) in [6, 6.07) is 5.95. The largest absolute Gasteiger partial charge is 0.219 e. The maximum absolute atomic E-state index is 4.10. The zero-order valence-electron chi connectivity index (χ0n) is 8.20. The summed E-state index contributed by atoms with van der Waals surface area (Å²) < 4.78 is 3.79. The van der Waals surface area contributed by atoms with Crippen molar-refractivity contribution in [2.75, 3.05) is 5.33 Å². The molecule has 16 heavy (non-hydrogen) atoms. The smallest absolute Gasteiger partial charge is 0.0840 e. The number of rotatable bonds is 3. The van der Waals surface area contributed by atoms with Crippen LogP contribution in [0.5, 0.6) is 0 Å². The van der Waals surface area contributed by atoms with Crippen LogP contribution in [0.15, 0.2) is 33.3 Å². The molecule has 0 saturated carbocycles. The Morgan fingerprint density at radius 1 is 1.25 bits per heavy atom. The van der Waals surface area contributed by atoms with Gasteiger partial charge in [-0.2, -0.15) is 0 Å². The molecule has 1 aromatic carbocycles. The van der Waals surface area contributed by atoms with Crippen molar-refractivity contribution in [1.82, 2.24) is 15.0 Å². The van der Waals surface area contributed by atoms with Crippen LogP contribution in [0.1, 0.15) is 5.69 Å². The van der Waals surface area contributed by atoms with Gasteiger partial charge in [0.05, 0.1) is 17.6 Å². The van der Waals surface area contributed by atoms with Crippen molar-refractivity contribution >= 4 is 47.8 Å². The zero-order valence-corrected chi connectivity index (χ0v) is 13.0. The minimum absolute atomic E-state index is 0.883. The molecule has 2 rings (SSSR count). The minimum atomic E-state index is 0.883. The van der Waals surface area contributed by atoms with E-state index in [-0.39, 0.29) is 0 Å². The van der Waals surface area contributed by atoms with Gasteiger partial charge in [-0.1, -0.05) is 37.1 Å². The predicted octanol–water partition coefficient (Wildman–Crippen LogP) is 3.73. The third kappa shape index (κ3) is 2.73. The molecule has 0 radical (unpaired) electrons. The van der Waals surface area contributed by atoms with Gasteiger partial charge in [0.15, 0.2) is 0 Å². The van der Waals surface area contributed by atoms with Crippen molar-refractivity contribution in [3.05, 3.63) is 39.0 Å². The van der Waals surface area contributed by atoms with Crippen LogP contribution < -0.4 is 0 Å². The second-order valence-electron chi connectivity index (χ2n) is 3.19. The van der Waals surface area contributed by atoms with E-state index in [1.807, 2.05) is 24.4 Å². The van der Waals surface area contributed by atoms with Crippen molar-refractivity contribution in [1.29, 1.82) is 0 Å². The molecule has 0 N–H and O–H groups in total. The number of hydrogen-bond acceptors (Lipinski definition) is 2. The minimum Gasteiger partial charge on any atom is -0.219 e. The Balaban J connectivity index is 2.35. The van der Waals surface area contributed by atoms with E-state index in [0.29, 0.717) is 0 Å². The second-order valence-corrected chi connectivity index (χ2v) is 5.75. The highest BCUT2D eigenvalue weighted by Crippen LogP contribution is 2.24. The topological polar surface area (TPSA) is 30.7 Å². The van der Waals surface area contributed by atoms with Gasteiger partial charge in [0.25, 0.3) is 0 Å². The summed E-state index contributed by atoms with van der Waals surface area (Å²) in [5, 5.41) is 9.09. The molecule has 2 aromatic rings. The number of alkyl halides is 1. The average molecular weight is 410 g/mol. The molecule has 0 bridgehead atoms. The third-order valence-electron chi connectivity index (χ3n) is 2.05.